The van der Waals surface area contributed by atoms with Crippen LogP contribution in [0.4, 0.5) is 5.69 Å². The van der Waals surface area contributed by atoms with Crippen molar-refractivity contribution >= 4 is 11.6 Å². The van der Waals surface area contributed by atoms with E-state index >= 15 is 0 Å². The summed E-state index contributed by atoms with van der Waals surface area (Å²) in [6.07, 6.45) is 2.98. The number of nitrogens with two attached hydrogens (primary N) is 1. The van der Waals surface area contributed by atoms with E-state index in [2.05, 4.69) is 17.1 Å². The molecule has 0 atom stereocenters. The second kappa shape index (κ2) is 7.29. The zero-order chi connectivity index (χ0) is 14.4. The first kappa shape index (κ1) is 14.9. The van der Waals surface area contributed by atoms with Gasteiger partial charge in [-0.15, -0.1) is 0 Å². The van der Waals surface area contributed by atoms with Crippen LogP contribution in [0, 0.1) is 5.92 Å². The lowest BCUT2D eigenvalue weighted by atomic mass is 9.99. The van der Waals surface area contributed by atoms with Crippen molar-refractivity contribution in [1.29, 1.82) is 0 Å². The molecule has 4 nitrogen and oxygen atoms in total. The van der Waals surface area contributed by atoms with Crippen molar-refractivity contribution in [2.24, 2.45) is 5.92 Å². The molecule has 20 heavy (non-hydrogen) atoms. The fourth-order valence-electron chi connectivity index (χ4n) is 2.52. The molecular formula is C16H25N3O. The van der Waals surface area contributed by atoms with Gasteiger partial charge in [-0.25, -0.2) is 0 Å². The van der Waals surface area contributed by atoms with E-state index in [9.17, 15) is 4.79 Å². The van der Waals surface area contributed by atoms with E-state index in [1.54, 1.807) is 0 Å². The molecule has 1 fully saturated rings. The predicted molar refractivity (Wildman–Crippen MR) is 82.4 cm³/mol. The van der Waals surface area contributed by atoms with Gasteiger partial charge in [-0.3, -0.25) is 4.79 Å². The van der Waals surface area contributed by atoms with Gasteiger partial charge in [0.05, 0.1) is 6.42 Å². The van der Waals surface area contributed by atoms with Crippen molar-refractivity contribution < 1.29 is 4.79 Å². The van der Waals surface area contributed by atoms with Crippen LogP contribution in [0.1, 0.15) is 25.3 Å². The number of rotatable bonds is 5. The molecule has 0 spiro atoms. The van der Waals surface area contributed by atoms with Crippen LogP contribution in [0.5, 0.6) is 0 Å². The normalized spacial score (nSPS) is 17.1. The molecule has 0 radical (unpaired) electrons. The second-order valence-corrected chi connectivity index (χ2v) is 5.79. The quantitative estimate of drug-likeness (QED) is 0.804. The van der Waals surface area contributed by atoms with Crippen molar-refractivity contribution in [3.8, 4) is 0 Å². The predicted octanol–water partition coefficient (Wildman–Crippen LogP) is 1.66. The minimum absolute atomic E-state index is 0.0835. The summed E-state index contributed by atoms with van der Waals surface area (Å²) in [7, 11) is 0. The van der Waals surface area contributed by atoms with Gasteiger partial charge < -0.3 is 16.0 Å². The molecule has 3 N–H and O–H groups in total. The minimum atomic E-state index is 0.0835. The molecule has 1 aromatic carbocycles. The van der Waals surface area contributed by atoms with E-state index in [4.69, 9.17) is 5.73 Å². The molecule has 1 amide bonds. The average Bonchev–Trinajstić information content (AvgIpc) is 2.44. The summed E-state index contributed by atoms with van der Waals surface area (Å²) < 4.78 is 0. The minimum Gasteiger partial charge on any atom is -0.399 e. The van der Waals surface area contributed by atoms with Crippen LogP contribution in [-0.2, 0) is 11.2 Å². The van der Waals surface area contributed by atoms with Crippen molar-refractivity contribution in [3.05, 3.63) is 29.8 Å². The standard InChI is InChI=1S/C16H25N3O/c1-13-6-9-19(10-7-13)11-8-18-16(20)12-14-2-4-15(17)5-3-14/h2-5,13H,6-12,17H2,1H3,(H,18,20). The Hall–Kier alpha value is -1.55. The van der Waals surface area contributed by atoms with Gasteiger partial charge in [0.25, 0.3) is 0 Å². The van der Waals surface area contributed by atoms with E-state index < -0.39 is 0 Å². The van der Waals surface area contributed by atoms with Crippen molar-refractivity contribution in [2.75, 3.05) is 31.9 Å². The zero-order valence-corrected chi connectivity index (χ0v) is 12.3. The summed E-state index contributed by atoms with van der Waals surface area (Å²) in [6, 6.07) is 7.47. The monoisotopic (exact) mass is 275 g/mol. The fourth-order valence-corrected chi connectivity index (χ4v) is 2.52. The second-order valence-electron chi connectivity index (χ2n) is 5.79. The van der Waals surface area contributed by atoms with Gasteiger partial charge in [-0.1, -0.05) is 19.1 Å². The van der Waals surface area contributed by atoms with Crippen LogP contribution in [-0.4, -0.2) is 37.0 Å². The van der Waals surface area contributed by atoms with Gasteiger partial charge in [0.15, 0.2) is 0 Å². The maximum absolute atomic E-state index is 11.8. The maximum Gasteiger partial charge on any atom is 0.224 e. The highest BCUT2D eigenvalue weighted by atomic mass is 16.1. The molecule has 0 bridgehead atoms. The Labute approximate surface area is 121 Å². The number of nitrogen functional groups attached to an aromatic ring is 1. The first-order valence-corrected chi connectivity index (χ1v) is 7.47. The average molecular weight is 275 g/mol. The highest BCUT2D eigenvalue weighted by Crippen LogP contribution is 2.15. The number of piperidine rings is 1. The van der Waals surface area contributed by atoms with E-state index in [-0.39, 0.29) is 5.91 Å². The number of carbonyl (C=O) groups is 1. The number of likely N-dealkylation sites (tertiary alicyclic amines) is 1. The molecule has 110 valence electrons. The number of benzene rings is 1. The van der Waals surface area contributed by atoms with Gasteiger partial charge in [0, 0.05) is 18.8 Å². The molecule has 1 aliphatic heterocycles. The fraction of sp³-hybridized carbons (Fsp3) is 0.562. The Bertz CT molecular complexity index is 422. The number of nitrogens with one attached hydrogen (secondary N) is 1. The lowest BCUT2D eigenvalue weighted by Gasteiger charge is -2.30. The first-order valence-electron chi connectivity index (χ1n) is 7.47. The molecule has 1 aliphatic rings. The summed E-state index contributed by atoms with van der Waals surface area (Å²) in [5.41, 5.74) is 7.36. The van der Waals surface area contributed by atoms with Gasteiger partial charge in [-0.05, 0) is 49.5 Å². The van der Waals surface area contributed by atoms with Crippen LogP contribution >= 0.6 is 0 Å². The molecule has 2 rings (SSSR count). The topological polar surface area (TPSA) is 58.4 Å². The third kappa shape index (κ3) is 4.85. The summed E-state index contributed by atoms with van der Waals surface area (Å²) in [5.74, 6) is 0.937. The van der Waals surface area contributed by atoms with Crippen LogP contribution in [0.3, 0.4) is 0 Å². The number of amides is 1. The van der Waals surface area contributed by atoms with Crippen molar-refractivity contribution in [1.82, 2.24) is 10.2 Å². The third-order valence-corrected chi connectivity index (χ3v) is 3.97. The van der Waals surface area contributed by atoms with Gasteiger partial charge in [0.2, 0.25) is 5.91 Å². The largest absolute Gasteiger partial charge is 0.399 e. The summed E-state index contributed by atoms with van der Waals surface area (Å²) >= 11 is 0. The van der Waals surface area contributed by atoms with E-state index in [1.807, 2.05) is 24.3 Å². The molecule has 0 saturated carbocycles. The SMILES string of the molecule is CC1CCN(CCNC(=O)Cc2ccc(N)cc2)CC1. The van der Waals surface area contributed by atoms with Gasteiger partial charge >= 0.3 is 0 Å². The lowest BCUT2D eigenvalue weighted by molar-refractivity contribution is -0.120. The Morgan fingerprint density at radius 2 is 1.95 bits per heavy atom. The first-order chi connectivity index (χ1) is 9.63. The third-order valence-electron chi connectivity index (χ3n) is 3.97. The molecule has 1 saturated heterocycles. The Balaban J connectivity index is 1.64. The van der Waals surface area contributed by atoms with Crippen LogP contribution in [0.25, 0.3) is 0 Å². The van der Waals surface area contributed by atoms with Crippen molar-refractivity contribution in [2.45, 2.75) is 26.2 Å². The Morgan fingerprint density at radius 1 is 1.30 bits per heavy atom. The smallest absolute Gasteiger partial charge is 0.224 e. The van der Waals surface area contributed by atoms with E-state index in [0.717, 1.165) is 43.3 Å². The molecule has 0 unspecified atom stereocenters. The van der Waals surface area contributed by atoms with E-state index in [0.29, 0.717) is 6.42 Å². The number of carbonyl (C=O) groups excluding carboxylic acids is 1. The number of anilines is 1. The molecular weight excluding hydrogens is 250 g/mol. The highest BCUT2D eigenvalue weighted by molar-refractivity contribution is 5.78. The number of hydrogen-bond acceptors (Lipinski definition) is 3. The Kier molecular flexibility index (Phi) is 5.41. The molecule has 1 heterocycles. The molecule has 4 heteroatoms. The summed E-state index contributed by atoms with van der Waals surface area (Å²) in [4.78, 5) is 14.3. The number of hydrogen-bond donors (Lipinski definition) is 2. The van der Waals surface area contributed by atoms with Gasteiger partial charge in [0.1, 0.15) is 0 Å². The van der Waals surface area contributed by atoms with Crippen LogP contribution < -0.4 is 11.1 Å². The maximum atomic E-state index is 11.8. The highest BCUT2D eigenvalue weighted by Gasteiger charge is 2.15. The number of nitrogens with zero attached hydrogens (tertiary/aromatic N) is 1. The summed E-state index contributed by atoms with van der Waals surface area (Å²) in [6.45, 7) is 6.33. The summed E-state index contributed by atoms with van der Waals surface area (Å²) in [5, 5.41) is 2.99. The van der Waals surface area contributed by atoms with Crippen molar-refractivity contribution in [3.63, 3.8) is 0 Å². The van der Waals surface area contributed by atoms with Crippen LogP contribution in [0.15, 0.2) is 24.3 Å². The molecule has 1 aromatic rings. The Morgan fingerprint density at radius 3 is 2.60 bits per heavy atom. The van der Waals surface area contributed by atoms with E-state index in [1.165, 1.54) is 12.8 Å². The zero-order valence-electron chi connectivity index (χ0n) is 12.3. The molecule has 0 aliphatic carbocycles. The lowest BCUT2D eigenvalue weighted by Crippen LogP contribution is -2.39. The van der Waals surface area contributed by atoms with Gasteiger partial charge in [-0.2, -0.15) is 0 Å². The van der Waals surface area contributed by atoms with Crippen LogP contribution in [0.2, 0.25) is 0 Å². The molecule has 0 aromatic heterocycles.